The van der Waals surface area contributed by atoms with Crippen molar-refractivity contribution in [1.82, 2.24) is 15.5 Å². The Bertz CT molecular complexity index is 1330. The highest BCUT2D eigenvalue weighted by molar-refractivity contribution is 6.47. The lowest BCUT2D eigenvalue weighted by atomic mass is 10.1. The summed E-state index contributed by atoms with van der Waals surface area (Å²) in [6.07, 6.45) is -1.12. The second kappa shape index (κ2) is 11.1. The standard InChI is InChI=1S/C19H18Cl2N6O5/c1-4-31-19(30)23-17(29)14(8-22)25-24-10-5-12(20)16(13(21)6-10)32-18-11(9(2)3)7-15(28)26-27-18/h5-7,9,24H,4H2,1-3H3,(H,26,28)(H,23,29,30)/b25-14-/i2D3,5D,6D. The second-order valence-electron chi connectivity index (χ2n) is 5.76. The number of alkyl carbamates (subject to hydrolysis) is 1. The lowest BCUT2D eigenvalue weighted by molar-refractivity contribution is -0.114. The fraction of sp³-hybridized carbons (Fsp3) is 0.263. The van der Waals surface area contributed by atoms with E-state index in [0.29, 0.717) is 0 Å². The fourth-order valence-corrected chi connectivity index (χ4v) is 2.56. The van der Waals surface area contributed by atoms with Crippen LogP contribution in [0.15, 0.2) is 28.0 Å². The number of aromatic amines is 1. The average Bonchev–Trinajstić information content (AvgIpc) is 2.82. The molecule has 2 rings (SSSR count). The molecule has 0 aliphatic rings. The lowest BCUT2D eigenvalue weighted by Gasteiger charge is -2.14. The molecule has 0 bridgehead atoms. The summed E-state index contributed by atoms with van der Waals surface area (Å²) in [5.41, 5.74) is 0.0733. The average molecular weight is 486 g/mol. The number of imide groups is 1. The third kappa shape index (κ3) is 6.44. The topological polar surface area (TPSA) is 159 Å². The van der Waals surface area contributed by atoms with Crippen LogP contribution in [0.3, 0.4) is 0 Å². The van der Waals surface area contributed by atoms with Gasteiger partial charge in [0.1, 0.15) is 6.07 Å². The molecule has 0 radical (unpaired) electrons. The third-order valence-electron chi connectivity index (χ3n) is 3.43. The molecule has 1 unspecified atom stereocenters. The molecule has 0 aliphatic heterocycles. The minimum Gasteiger partial charge on any atom is -0.450 e. The van der Waals surface area contributed by atoms with Gasteiger partial charge < -0.3 is 9.47 Å². The van der Waals surface area contributed by atoms with Crippen molar-refractivity contribution in [2.24, 2.45) is 5.10 Å². The highest BCUT2D eigenvalue weighted by Gasteiger charge is 2.18. The number of hydrogen-bond donors (Lipinski definition) is 3. The maximum absolute atomic E-state index is 12.0. The van der Waals surface area contributed by atoms with E-state index in [4.69, 9.17) is 40.1 Å². The van der Waals surface area contributed by atoms with Gasteiger partial charge in [0, 0.05) is 15.7 Å². The predicted molar refractivity (Wildman–Crippen MR) is 117 cm³/mol. The van der Waals surface area contributed by atoms with Crippen LogP contribution in [-0.4, -0.2) is 34.5 Å². The van der Waals surface area contributed by atoms with Crippen molar-refractivity contribution in [2.75, 3.05) is 12.0 Å². The fourth-order valence-electron chi connectivity index (χ4n) is 2.06. The first-order valence-corrected chi connectivity index (χ1v) is 9.45. The van der Waals surface area contributed by atoms with Gasteiger partial charge in [-0.15, -0.1) is 5.10 Å². The van der Waals surface area contributed by atoms with E-state index in [0.717, 1.165) is 6.07 Å². The zero-order valence-corrected chi connectivity index (χ0v) is 18.0. The Morgan fingerprint density at radius 2 is 2.12 bits per heavy atom. The number of nitrogens with one attached hydrogen (secondary N) is 3. The molecule has 32 heavy (non-hydrogen) atoms. The zero-order valence-electron chi connectivity index (χ0n) is 21.5. The number of hydrazone groups is 1. The van der Waals surface area contributed by atoms with Gasteiger partial charge >= 0.3 is 6.09 Å². The van der Waals surface area contributed by atoms with Crippen molar-refractivity contribution in [3.63, 3.8) is 0 Å². The van der Waals surface area contributed by atoms with Gasteiger partial charge in [-0.05, 0) is 24.9 Å². The van der Waals surface area contributed by atoms with Gasteiger partial charge in [0.15, 0.2) is 5.75 Å². The molecule has 13 heteroatoms. The molecule has 11 nitrogen and oxygen atoms in total. The summed E-state index contributed by atoms with van der Waals surface area (Å²) in [6, 6.07) is 1.20. The molecule has 168 valence electrons. The van der Waals surface area contributed by atoms with E-state index in [1.54, 1.807) is 5.32 Å². The van der Waals surface area contributed by atoms with E-state index < -0.39 is 69.6 Å². The zero-order chi connectivity index (χ0) is 28.1. The summed E-state index contributed by atoms with van der Waals surface area (Å²) in [7, 11) is 0. The highest BCUT2D eigenvalue weighted by Crippen LogP contribution is 2.39. The molecule has 0 spiro atoms. The van der Waals surface area contributed by atoms with Crippen molar-refractivity contribution in [2.45, 2.75) is 26.6 Å². The molecule has 2 aromatic rings. The minimum absolute atomic E-state index is 0.0303. The highest BCUT2D eigenvalue weighted by atomic mass is 35.5. The van der Waals surface area contributed by atoms with Crippen LogP contribution >= 0.6 is 23.2 Å². The summed E-state index contributed by atoms with van der Waals surface area (Å²) in [5, 5.41) is 19.2. The van der Waals surface area contributed by atoms with Crippen molar-refractivity contribution in [3.05, 3.63) is 44.1 Å². The molecule has 1 aromatic heterocycles. The minimum atomic E-state index is -2.52. The van der Waals surface area contributed by atoms with Crippen molar-refractivity contribution in [1.29, 1.82) is 5.26 Å². The number of carbonyl (C=O) groups excluding carboxylic acids is 2. The van der Waals surface area contributed by atoms with E-state index >= 15 is 0 Å². The first-order chi connectivity index (χ1) is 17.2. The Hall–Kier alpha value is -3.62. The smallest absolute Gasteiger partial charge is 0.414 e. The molecule has 0 fully saturated rings. The molecule has 0 aliphatic carbocycles. The number of hydrogen-bond acceptors (Lipinski definition) is 9. The Balaban J connectivity index is 2.47. The van der Waals surface area contributed by atoms with Crippen molar-refractivity contribution >= 4 is 46.6 Å². The van der Waals surface area contributed by atoms with E-state index in [2.05, 4.69) is 25.5 Å². The van der Waals surface area contributed by atoms with Crippen molar-refractivity contribution in [3.8, 4) is 17.7 Å². The van der Waals surface area contributed by atoms with Crippen LogP contribution in [0, 0.1) is 11.3 Å². The van der Waals surface area contributed by atoms with Gasteiger partial charge in [-0.1, -0.05) is 37.0 Å². The van der Waals surface area contributed by atoms with Crippen molar-refractivity contribution < 1.29 is 25.9 Å². The quantitative estimate of drug-likeness (QED) is 0.396. The summed E-state index contributed by atoms with van der Waals surface area (Å²) in [5.74, 6) is -3.25. The molecule has 0 saturated heterocycles. The number of ether oxygens (including phenoxy) is 2. The maximum Gasteiger partial charge on any atom is 0.414 e. The van der Waals surface area contributed by atoms with E-state index in [1.165, 1.54) is 19.9 Å². The third-order valence-corrected chi connectivity index (χ3v) is 3.96. The predicted octanol–water partition coefficient (Wildman–Crippen LogP) is 3.56. The first kappa shape index (κ1) is 18.0. The van der Waals surface area contributed by atoms with E-state index in [1.807, 2.05) is 0 Å². The number of rotatable bonds is 7. The molecule has 1 aromatic carbocycles. The van der Waals surface area contributed by atoms with Crippen LogP contribution in [0.2, 0.25) is 10.0 Å². The lowest BCUT2D eigenvalue weighted by Crippen LogP contribution is -2.36. The van der Waals surface area contributed by atoms with Gasteiger partial charge in [0.2, 0.25) is 11.6 Å². The maximum atomic E-state index is 12.0. The Labute approximate surface area is 199 Å². The summed E-state index contributed by atoms with van der Waals surface area (Å²) in [4.78, 5) is 35.1. The number of aromatic nitrogens is 2. The number of nitriles is 1. The van der Waals surface area contributed by atoms with E-state index in [9.17, 15) is 14.4 Å². The summed E-state index contributed by atoms with van der Waals surface area (Å²) >= 11 is 12.4. The SMILES string of the molecule is [2H]c1c(Cl)c(Oc2n[nH]c(=O)cc2C(C)C([2H])([2H])[2H])c(Cl)c([2H])c1N/N=C(/C#N)C(=O)NC(=O)OCC. The molecular formula is C19H18Cl2N6O5. The molecule has 1 heterocycles. The van der Waals surface area contributed by atoms with Crippen LogP contribution in [0.4, 0.5) is 10.5 Å². The van der Waals surface area contributed by atoms with E-state index in [-0.39, 0.29) is 18.1 Å². The number of benzene rings is 1. The normalized spacial score (nSPS) is 14.5. The second-order valence-corrected chi connectivity index (χ2v) is 6.51. The number of amides is 2. The van der Waals surface area contributed by atoms with Gasteiger partial charge in [-0.2, -0.15) is 10.4 Å². The van der Waals surface area contributed by atoms with Crippen LogP contribution < -0.4 is 21.0 Å². The summed E-state index contributed by atoms with van der Waals surface area (Å²) in [6.45, 7) is 0.268. The van der Waals surface area contributed by atoms with Crippen LogP contribution in [-0.2, 0) is 9.53 Å². The number of H-pyrrole nitrogens is 1. The molecule has 2 amide bonds. The number of carbonyl (C=O) groups is 2. The van der Waals surface area contributed by atoms with Crippen LogP contribution in [0.1, 0.15) is 39.0 Å². The van der Waals surface area contributed by atoms with Crippen LogP contribution in [0.5, 0.6) is 11.6 Å². The molecule has 0 saturated carbocycles. The number of anilines is 1. The summed E-state index contributed by atoms with van der Waals surface area (Å²) < 4.78 is 49.4. The Kier molecular flexibility index (Phi) is 6.26. The largest absolute Gasteiger partial charge is 0.450 e. The van der Waals surface area contributed by atoms with Gasteiger partial charge in [0.25, 0.3) is 11.5 Å². The molecule has 1 atom stereocenters. The molecular weight excluding hydrogens is 463 g/mol. The van der Waals surface area contributed by atoms with Gasteiger partial charge in [-0.25, -0.2) is 9.89 Å². The number of halogens is 2. The van der Waals surface area contributed by atoms with Gasteiger partial charge in [-0.3, -0.25) is 20.3 Å². The Morgan fingerprint density at radius 3 is 2.72 bits per heavy atom. The number of nitrogens with zero attached hydrogens (tertiary/aromatic N) is 3. The van der Waals surface area contributed by atoms with Crippen LogP contribution in [0.25, 0.3) is 0 Å². The van der Waals surface area contributed by atoms with Gasteiger partial charge in [0.05, 0.1) is 25.1 Å². The molecule has 3 N–H and O–H groups in total. The first-order valence-electron chi connectivity index (χ1n) is 11.2. The monoisotopic (exact) mass is 485 g/mol. The Morgan fingerprint density at radius 1 is 1.44 bits per heavy atom.